The van der Waals surface area contributed by atoms with Crippen molar-refractivity contribution in [2.24, 2.45) is 17.6 Å². The number of hydrogen-bond acceptors (Lipinski definition) is 4. The normalized spacial score (nSPS) is 19.8. The predicted octanol–water partition coefficient (Wildman–Crippen LogP) is 1.32. The SMILES string of the molecule is NC(=O)C1CCN(C(=O)C2CCN(Cc3ccc(C(=O)O)cc3)CC2)CC1. The maximum Gasteiger partial charge on any atom is 0.335 e. The van der Waals surface area contributed by atoms with Gasteiger partial charge in [-0.25, -0.2) is 4.79 Å². The zero-order chi connectivity index (χ0) is 19.4. The number of likely N-dealkylation sites (tertiary alicyclic amines) is 2. The van der Waals surface area contributed by atoms with Crippen molar-refractivity contribution < 1.29 is 19.5 Å². The van der Waals surface area contributed by atoms with E-state index in [0.717, 1.165) is 38.0 Å². The number of rotatable bonds is 5. The van der Waals surface area contributed by atoms with Crippen LogP contribution in [0, 0.1) is 11.8 Å². The van der Waals surface area contributed by atoms with Crippen LogP contribution in [-0.4, -0.2) is 58.9 Å². The van der Waals surface area contributed by atoms with E-state index in [4.69, 9.17) is 10.8 Å². The number of carboxylic acids is 1. The van der Waals surface area contributed by atoms with Crippen molar-refractivity contribution in [1.82, 2.24) is 9.80 Å². The highest BCUT2D eigenvalue weighted by Crippen LogP contribution is 2.24. The molecule has 0 aliphatic carbocycles. The van der Waals surface area contributed by atoms with Gasteiger partial charge in [0.2, 0.25) is 11.8 Å². The first kappa shape index (κ1) is 19.4. The Morgan fingerprint density at radius 2 is 1.48 bits per heavy atom. The van der Waals surface area contributed by atoms with E-state index in [1.807, 2.05) is 17.0 Å². The Balaban J connectivity index is 1.45. The summed E-state index contributed by atoms with van der Waals surface area (Å²) in [6.07, 6.45) is 3.02. The molecule has 7 heteroatoms. The summed E-state index contributed by atoms with van der Waals surface area (Å²) in [4.78, 5) is 39.1. The smallest absolute Gasteiger partial charge is 0.335 e. The van der Waals surface area contributed by atoms with E-state index < -0.39 is 5.97 Å². The van der Waals surface area contributed by atoms with Gasteiger partial charge in [-0.1, -0.05) is 12.1 Å². The largest absolute Gasteiger partial charge is 0.478 e. The second-order valence-electron chi connectivity index (χ2n) is 7.55. The third kappa shape index (κ3) is 4.86. The summed E-state index contributed by atoms with van der Waals surface area (Å²) in [5, 5.41) is 8.96. The van der Waals surface area contributed by atoms with Crippen LogP contribution in [0.5, 0.6) is 0 Å². The Morgan fingerprint density at radius 3 is 2.00 bits per heavy atom. The number of carbonyl (C=O) groups is 3. The van der Waals surface area contributed by atoms with Crippen LogP contribution in [0.1, 0.15) is 41.6 Å². The maximum absolute atomic E-state index is 12.7. The Hall–Kier alpha value is -2.41. The first-order valence-electron chi connectivity index (χ1n) is 9.56. The van der Waals surface area contributed by atoms with Gasteiger partial charge in [0.1, 0.15) is 0 Å². The molecule has 146 valence electrons. The van der Waals surface area contributed by atoms with E-state index in [0.29, 0.717) is 31.5 Å². The van der Waals surface area contributed by atoms with E-state index in [2.05, 4.69) is 4.90 Å². The average Bonchev–Trinajstić information content (AvgIpc) is 2.68. The molecule has 2 aliphatic rings. The van der Waals surface area contributed by atoms with Gasteiger partial charge in [0.25, 0.3) is 0 Å². The molecule has 7 nitrogen and oxygen atoms in total. The van der Waals surface area contributed by atoms with Crippen LogP contribution in [0.2, 0.25) is 0 Å². The van der Waals surface area contributed by atoms with E-state index in [1.165, 1.54) is 0 Å². The van der Waals surface area contributed by atoms with Crippen LogP contribution in [0.15, 0.2) is 24.3 Å². The van der Waals surface area contributed by atoms with Gasteiger partial charge >= 0.3 is 5.97 Å². The van der Waals surface area contributed by atoms with E-state index in [9.17, 15) is 14.4 Å². The zero-order valence-corrected chi connectivity index (χ0v) is 15.5. The van der Waals surface area contributed by atoms with Crippen molar-refractivity contribution in [3.8, 4) is 0 Å². The van der Waals surface area contributed by atoms with Crippen LogP contribution in [0.3, 0.4) is 0 Å². The van der Waals surface area contributed by atoms with Crippen LogP contribution in [-0.2, 0) is 16.1 Å². The standard InChI is InChI=1S/C20H27N3O4/c21-18(24)15-7-11-23(12-8-15)19(25)16-5-9-22(10-6-16)13-14-1-3-17(4-2-14)20(26)27/h1-4,15-16H,5-13H2,(H2,21,24)(H,26,27). The highest BCUT2D eigenvalue weighted by Gasteiger charge is 2.32. The fraction of sp³-hybridized carbons (Fsp3) is 0.550. The number of nitrogens with zero attached hydrogens (tertiary/aromatic N) is 2. The summed E-state index contributed by atoms with van der Waals surface area (Å²) in [6, 6.07) is 6.96. The summed E-state index contributed by atoms with van der Waals surface area (Å²) in [5.74, 6) is -1.000. The van der Waals surface area contributed by atoms with Crippen molar-refractivity contribution in [2.75, 3.05) is 26.2 Å². The lowest BCUT2D eigenvalue weighted by Gasteiger charge is -2.36. The second-order valence-corrected chi connectivity index (χ2v) is 7.55. The molecule has 0 saturated carbocycles. The van der Waals surface area contributed by atoms with E-state index >= 15 is 0 Å². The molecule has 2 heterocycles. The van der Waals surface area contributed by atoms with Crippen LogP contribution >= 0.6 is 0 Å². The van der Waals surface area contributed by atoms with Gasteiger partial charge < -0.3 is 15.7 Å². The number of piperidine rings is 2. The minimum absolute atomic E-state index is 0.0563. The van der Waals surface area contributed by atoms with Gasteiger partial charge in [0, 0.05) is 31.5 Å². The number of primary amides is 1. The van der Waals surface area contributed by atoms with Crippen molar-refractivity contribution in [1.29, 1.82) is 0 Å². The summed E-state index contributed by atoms with van der Waals surface area (Å²) >= 11 is 0. The third-order valence-electron chi connectivity index (χ3n) is 5.75. The molecule has 1 aromatic carbocycles. The molecule has 0 radical (unpaired) electrons. The van der Waals surface area contributed by atoms with Gasteiger partial charge in [-0.2, -0.15) is 0 Å². The lowest BCUT2D eigenvalue weighted by atomic mass is 9.91. The quantitative estimate of drug-likeness (QED) is 0.810. The van der Waals surface area contributed by atoms with E-state index in [-0.39, 0.29) is 23.7 Å². The molecule has 2 saturated heterocycles. The van der Waals surface area contributed by atoms with Crippen LogP contribution < -0.4 is 5.73 Å². The topological polar surface area (TPSA) is 104 Å². The highest BCUT2D eigenvalue weighted by atomic mass is 16.4. The monoisotopic (exact) mass is 373 g/mol. The first-order chi connectivity index (χ1) is 12.9. The Labute approximate surface area is 159 Å². The fourth-order valence-corrected chi connectivity index (χ4v) is 3.99. The minimum Gasteiger partial charge on any atom is -0.478 e. The molecule has 0 spiro atoms. The Kier molecular flexibility index (Phi) is 6.11. The number of benzene rings is 1. The van der Waals surface area contributed by atoms with E-state index in [1.54, 1.807) is 12.1 Å². The average molecular weight is 373 g/mol. The lowest BCUT2D eigenvalue weighted by molar-refractivity contribution is -0.140. The molecule has 0 aromatic heterocycles. The van der Waals surface area contributed by atoms with Crippen LogP contribution in [0.25, 0.3) is 0 Å². The lowest BCUT2D eigenvalue weighted by Crippen LogP contribution is -2.46. The minimum atomic E-state index is -0.916. The molecule has 0 bridgehead atoms. The molecule has 1 aromatic rings. The third-order valence-corrected chi connectivity index (χ3v) is 5.75. The van der Waals surface area contributed by atoms with Crippen molar-refractivity contribution in [2.45, 2.75) is 32.2 Å². The summed E-state index contributed by atoms with van der Waals surface area (Å²) in [6.45, 7) is 3.74. The van der Waals surface area contributed by atoms with Gasteiger partial charge in [0.15, 0.2) is 0 Å². The molecular formula is C20H27N3O4. The number of amides is 2. The molecule has 3 rings (SSSR count). The molecule has 0 atom stereocenters. The van der Waals surface area contributed by atoms with Crippen molar-refractivity contribution in [3.63, 3.8) is 0 Å². The first-order valence-corrected chi connectivity index (χ1v) is 9.56. The molecule has 27 heavy (non-hydrogen) atoms. The second kappa shape index (κ2) is 8.52. The number of aromatic carboxylic acids is 1. The summed E-state index contributed by atoms with van der Waals surface area (Å²) in [5.41, 5.74) is 6.73. The number of carbonyl (C=O) groups excluding carboxylic acids is 2. The summed E-state index contributed by atoms with van der Waals surface area (Å²) in [7, 11) is 0. The Morgan fingerprint density at radius 1 is 0.926 bits per heavy atom. The van der Waals surface area contributed by atoms with Crippen LogP contribution in [0.4, 0.5) is 0 Å². The molecule has 2 fully saturated rings. The highest BCUT2D eigenvalue weighted by molar-refractivity contribution is 5.87. The number of nitrogens with two attached hydrogens (primary N) is 1. The van der Waals surface area contributed by atoms with Gasteiger partial charge in [0.05, 0.1) is 5.56 Å². The molecule has 2 amide bonds. The molecule has 3 N–H and O–H groups in total. The molecular weight excluding hydrogens is 346 g/mol. The zero-order valence-electron chi connectivity index (χ0n) is 15.5. The van der Waals surface area contributed by atoms with Crippen molar-refractivity contribution in [3.05, 3.63) is 35.4 Å². The molecule has 0 unspecified atom stereocenters. The summed E-state index contributed by atoms with van der Waals surface area (Å²) < 4.78 is 0. The van der Waals surface area contributed by atoms with Gasteiger partial charge in [-0.05, 0) is 56.5 Å². The maximum atomic E-state index is 12.7. The molecule has 2 aliphatic heterocycles. The van der Waals surface area contributed by atoms with Crippen molar-refractivity contribution >= 4 is 17.8 Å². The van der Waals surface area contributed by atoms with Gasteiger partial charge in [-0.3, -0.25) is 14.5 Å². The number of carboxylic acid groups (broad SMARTS) is 1. The number of hydrogen-bond donors (Lipinski definition) is 2. The fourth-order valence-electron chi connectivity index (χ4n) is 3.99. The Bertz CT molecular complexity index is 688. The van der Waals surface area contributed by atoms with Gasteiger partial charge in [-0.15, -0.1) is 0 Å². The predicted molar refractivity (Wildman–Crippen MR) is 99.9 cm³/mol.